The van der Waals surface area contributed by atoms with Gasteiger partial charge in [0.15, 0.2) is 0 Å². The number of hydrogen-bond acceptors (Lipinski definition) is 7. The van der Waals surface area contributed by atoms with E-state index in [1.165, 1.54) is 31.0 Å². The highest BCUT2D eigenvalue weighted by Crippen LogP contribution is 2.20. The van der Waals surface area contributed by atoms with E-state index in [0.29, 0.717) is 27.9 Å². The average Bonchev–Trinajstić information content (AvgIpc) is 3.17. The third-order valence-electron chi connectivity index (χ3n) is 3.68. The van der Waals surface area contributed by atoms with Gasteiger partial charge in [0.05, 0.1) is 35.7 Å². The first-order chi connectivity index (χ1) is 12.5. The van der Waals surface area contributed by atoms with Crippen molar-refractivity contribution in [2.24, 2.45) is 0 Å². The molecule has 0 aromatic carbocycles. The molecule has 132 valence electrons. The van der Waals surface area contributed by atoms with Crippen molar-refractivity contribution in [1.82, 2.24) is 9.97 Å². The highest BCUT2D eigenvalue weighted by molar-refractivity contribution is 6.14. The Morgan fingerprint density at radius 2 is 2.19 bits per heavy atom. The van der Waals surface area contributed by atoms with Crippen LogP contribution in [-0.2, 0) is 0 Å². The van der Waals surface area contributed by atoms with Gasteiger partial charge in [-0.1, -0.05) is 0 Å². The molecule has 0 radical (unpaired) electrons. The summed E-state index contributed by atoms with van der Waals surface area (Å²) in [6.45, 7) is 1.69. The minimum Gasteiger partial charge on any atom is -0.472 e. The predicted molar refractivity (Wildman–Crippen MR) is 99.2 cm³/mol. The topological polar surface area (TPSA) is 142 Å². The second kappa shape index (κ2) is 6.86. The number of aryl methyl sites for hydroxylation is 1. The van der Waals surface area contributed by atoms with Gasteiger partial charge >= 0.3 is 0 Å². The van der Waals surface area contributed by atoms with E-state index >= 15 is 0 Å². The number of nitriles is 1. The molecule has 3 aromatic heterocycles. The van der Waals surface area contributed by atoms with Crippen LogP contribution in [-0.4, -0.2) is 21.6 Å². The first kappa shape index (κ1) is 16.9. The normalized spacial score (nSPS) is 10.2. The van der Waals surface area contributed by atoms with E-state index in [9.17, 15) is 4.79 Å². The van der Waals surface area contributed by atoms with Crippen molar-refractivity contribution >= 4 is 23.1 Å². The van der Waals surface area contributed by atoms with Crippen molar-refractivity contribution in [3.8, 4) is 6.07 Å². The fraction of sp³-hybridized carbons (Fsp3) is 0.0556. The van der Waals surface area contributed by atoms with Crippen LogP contribution in [0.3, 0.4) is 0 Å². The summed E-state index contributed by atoms with van der Waals surface area (Å²) in [6.07, 6.45) is 5.60. The molecule has 0 aliphatic carbocycles. The molecular formula is C18H18N6O2. The maximum absolute atomic E-state index is 12.4. The minimum atomic E-state index is -0.468. The maximum Gasteiger partial charge on any atom is 0.275 e. The molecule has 0 aliphatic heterocycles. The van der Waals surface area contributed by atoms with Gasteiger partial charge in [-0.05, 0) is 30.7 Å². The van der Waals surface area contributed by atoms with Gasteiger partial charge in [0, 0.05) is 20.2 Å². The second-order valence-corrected chi connectivity index (χ2v) is 5.50. The van der Waals surface area contributed by atoms with E-state index in [1.54, 1.807) is 19.1 Å². The van der Waals surface area contributed by atoms with E-state index in [4.69, 9.17) is 20.8 Å². The van der Waals surface area contributed by atoms with Crippen molar-refractivity contribution in [1.29, 1.82) is 10.7 Å². The van der Waals surface area contributed by atoms with Crippen LogP contribution in [0, 0.1) is 23.7 Å². The van der Waals surface area contributed by atoms with Gasteiger partial charge in [0.1, 0.15) is 17.6 Å². The smallest absolute Gasteiger partial charge is 0.275 e. The number of nitrogens with zero attached hydrogens (tertiary/aromatic N) is 3. The van der Waals surface area contributed by atoms with Crippen LogP contribution in [0.25, 0.3) is 0 Å². The number of pyridine rings is 2. The Bertz CT molecular complexity index is 1040. The SMILES string of the molecule is Cc1cc(C#N)cnc1C(=O)Nc1cc(C(=N)c2ccoc2)c(N)cn1.[HH].[HH]. The number of amides is 1. The number of furan rings is 1. The highest BCUT2D eigenvalue weighted by Gasteiger charge is 2.15. The van der Waals surface area contributed by atoms with Crippen LogP contribution in [0.5, 0.6) is 0 Å². The summed E-state index contributed by atoms with van der Waals surface area (Å²) in [5.74, 6) is -0.233. The van der Waals surface area contributed by atoms with Crippen molar-refractivity contribution in [2.75, 3.05) is 11.1 Å². The van der Waals surface area contributed by atoms with E-state index in [2.05, 4.69) is 15.3 Å². The van der Waals surface area contributed by atoms with Crippen LogP contribution in [0.15, 0.2) is 47.5 Å². The van der Waals surface area contributed by atoms with Gasteiger partial charge in [0.2, 0.25) is 0 Å². The number of aromatic nitrogens is 2. The molecule has 3 heterocycles. The Morgan fingerprint density at radius 3 is 2.85 bits per heavy atom. The summed E-state index contributed by atoms with van der Waals surface area (Å²) < 4.78 is 4.98. The largest absolute Gasteiger partial charge is 0.472 e. The summed E-state index contributed by atoms with van der Waals surface area (Å²) in [5, 5.41) is 19.7. The molecule has 3 aromatic rings. The molecule has 0 fully saturated rings. The van der Waals surface area contributed by atoms with Gasteiger partial charge in [-0.15, -0.1) is 0 Å². The molecule has 0 unspecified atom stereocenters. The summed E-state index contributed by atoms with van der Waals surface area (Å²) >= 11 is 0. The predicted octanol–water partition coefficient (Wildman–Crippen LogP) is 2.99. The zero-order chi connectivity index (χ0) is 18.7. The molecule has 0 bridgehead atoms. The molecule has 0 saturated heterocycles. The standard InChI is InChI=1S/C18H14N6O2.2H2/c1-10-4-11(6-19)7-23-17(10)18(25)24-15-5-13(14(20)8-22-15)16(21)12-2-3-26-9-12;;/h2-5,7-9,21H,20H2,1H3,(H,22,24,25);2*1H. The number of nitrogens with one attached hydrogen (secondary N) is 2. The molecular weight excluding hydrogens is 332 g/mol. The molecule has 0 aliphatic rings. The first-order valence-corrected chi connectivity index (χ1v) is 7.54. The Hall–Kier alpha value is -3.99. The van der Waals surface area contributed by atoms with Crippen LogP contribution >= 0.6 is 0 Å². The average molecular weight is 350 g/mol. The Kier molecular flexibility index (Phi) is 4.45. The fourth-order valence-electron chi connectivity index (χ4n) is 2.36. The first-order valence-electron chi connectivity index (χ1n) is 7.54. The van der Waals surface area contributed by atoms with Gasteiger partial charge in [-0.2, -0.15) is 5.26 Å². The summed E-state index contributed by atoms with van der Waals surface area (Å²) in [7, 11) is 0. The molecule has 0 atom stereocenters. The molecule has 3 rings (SSSR count). The zero-order valence-corrected chi connectivity index (χ0v) is 13.8. The van der Waals surface area contributed by atoms with Gasteiger partial charge in [-0.25, -0.2) is 9.97 Å². The van der Waals surface area contributed by atoms with E-state index in [0.717, 1.165) is 0 Å². The van der Waals surface area contributed by atoms with Gasteiger partial charge < -0.3 is 15.5 Å². The number of rotatable bonds is 4. The van der Waals surface area contributed by atoms with Gasteiger partial charge in [-0.3, -0.25) is 10.2 Å². The van der Waals surface area contributed by atoms with E-state index in [1.807, 2.05) is 6.07 Å². The Morgan fingerprint density at radius 1 is 1.38 bits per heavy atom. The lowest BCUT2D eigenvalue weighted by Crippen LogP contribution is -2.17. The minimum absolute atomic E-state index is 0. The summed E-state index contributed by atoms with van der Waals surface area (Å²) in [4.78, 5) is 20.5. The quantitative estimate of drug-likeness (QED) is 0.617. The molecule has 0 saturated carbocycles. The number of hydrogen-bond donors (Lipinski definition) is 3. The number of anilines is 2. The Balaban J connectivity index is 0.00000196. The lowest BCUT2D eigenvalue weighted by atomic mass is 10.0. The monoisotopic (exact) mass is 350 g/mol. The maximum atomic E-state index is 12.4. The van der Waals surface area contributed by atoms with Crippen LogP contribution < -0.4 is 11.1 Å². The lowest BCUT2D eigenvalue weighted by molar-refractivity contribution is 0.102. The zero-order valence-electron chi connectivity index (χ0n) is 13.8. The van der Waals surface area contributed by atoms with Crippen molar-refractivity contribution in [3.63, 3.8) is 0 Å². The highest BCUT2D eigenvalue weighted by atomic mass is 16.3. The molecule has 0 spiro atoms. The number of carbonyl (C=O) groups excluding carboxylic acids is 1. The molecule has 4 N–H and O–H groups in total. The third kappa shape index (κ3) is 3.27. The molecule has 8 heteroatoms. The molecule has 1 amide bonds. The number of nitrogen functional groups attached to an aromatic ring is 1. The Labute approximate surface area is 151 Å². The van der Waals surface area contributed by atoms with E-state index < -0.39 is 5.91 Å². The number of carbonyl (C=O) groups is 1. The fourth-order valence-corrected chi connectivity index (χ4v) is 2.36. The third-order valence-corrected chi connectivity index (χ3v) is 3.68. The summed E-state index contributed by atoms with van der Waals surface area (Å²) in [5.41, 5.74) is 8.48. The van der Waals surface area contributed by atoms with Crippen LogP contribution in [0.1, 0.15) is 35.6 Å². The molecule has 26 heavy (non-hydrogen) atoms. The van der Waals surface area contributed by atoms with E-state index in [-0.39, 0.29) is 20.1 Å². The lowest BCUT2D eigenvalue weighted by Gasteiger charge is -2.10. The number of nitrogens with two attached hydrogens (primary N) is 1. The van der Waals surface area contributed by atoms with Crippen molar-refractivity contribution in [2.45, 2.75) is 6.92 Å². The van der Waals surface area contributed by atoms with Crippen molar-refractivity contribution < 1.29 is 12.1 Å². The molecule has 8 nitrogen and oxygen atoms in total. The van der Waals surface area contributed by atoms with Crippen molar-refractivity contribution in [3.05, 3.63) is 71.1 Å². The summed E-state index contributed by atoms with van der Waals surface area (Å²) in [6, 6.07) is 6.71. The van der Waals surface area contributed by atoms with Gasteiger partial charge in [0.25, 0.3) is 5.91 Å². The van der Waals surface area contributed by atoms with Crippen LogP contribution in [0.2, 0.25) is 0 Å². The second-order valence-electron chi connectivity index (χ2n) is 5.50. The van der Waals surface area contributed by atoms with Crippen LogP contribution in [0.4, 0.5) is 11.5 Å².